The van der Waals surface area contributed by atoms with Crippen LogP contribution in [-0.2, 0) is 19.1 Å². The molecule has 0 radical (unpaired) electrons. The van der Waals surface area contributed by atoms with Gasteiger partial charge in [-0.1, -0.05) is 41.6 Å². The molecule has 0 spiro atoms. The van der Waals surface area contributed by atoms with Crippen molar-refractivity contribution in [3.8, 4) is 6.07 Å². The number of nitriles is 1. The smallest absolute Gasteiger partial charge is 0.319 e. The standard InChI is InChI=1S/C20H22ClN3O4S/c1-4-24(5-2)15(25)11-29-19-13(10-22)16(12-8-6-7-9-14(12)21)17(18(26)23-19)20(27)28-3/h6-9,16-17H,4-5,11H2,1-3H3,(H,23,26)/t16-,17-/m1/s1. The fraction of sp³-hybridized carbons (Fsp3) is 0.400. The number of esters is 1. The molecule has 0 bridgehead atoms. The van der Waals surface area contributed by atoms with Gasteiger partial charge in [-0.15, -0.1) is 0 Å². The molecule has 0 aromatic heterocycles. The summed E-state index contributed by atoms with van der Waals surface area (Å²) in [5.41, 5.74) is 0.648. The zero-order valence-electron chi connectivity index (χ0n) is 16.4. The van der Waals surface area contributed by atoms with Gasteiger partial charge in [0.15, 0.2) is 0 Å². The second kappa shape index (κ2) is 10.3. The molecule has 2 amide bonds. The van der Waals surface area contributed by atoms with Gasteiger partial charge in [0.25, 0.3) is 0 Å². The molecule has 154 valence electrons. The van der Waals surface area contributed by atoms with Crippen LogP contribution in [0.1, 0.15) is 25.3 Å². The molecule has 2 atom stereocenters. The first-order valence-corrected chi connectivity index (χ1v) is 10.4. The number of allylic oxidation sites excluding steroid dienone is 1. The van der Waals surface area contributed by atoms with Crippen molar-refractivity contribution in [3.05, 3.63) is 45.5 Å². The molecular weight excluding hydrogens is 414 g/mol. The van der Waals surface area contributed by atoms with E-state index < -0.39 is 23.7 Å². The second-order valence-corrected chi connectivity index (χ2v) is 7.59. The lowest BCUT2D eigenvalue weighted by Crippen LogP contribution is -2.44. The third-order valence-electron chi connectivity index (χ3n) is 4.68. The van der Waals surface area contributed by atoms with E-state index >= 15 is 0 Å². The molecule has 1 N–H and O–H groups in total. The first-order valence-electron chi connectivity index (χ1n) is 9.07. The van der Waals surface area contributed by atoms with E-state index in [2.05, 4.69) is 11.4 Å². The number of carbonyl (C=O) groups is 3. The molecule has 1 aliphatic rings. The van der Waals surface area contributed by atoms with Crippen molar-refractivity contribution < 1.29 is 19.1 Å². The SMILES string of the molecule is CCN(CC)C(=O)CSC1=C(C#N)[C@@H](c2ccccc2Cl)[C@@H](C(=O)OC)C(=O)N1. The van der Waals surface area contributed by atoms with Gasteiger partial charge < -0.3 is 15.0 Å². The van der Waals surface area contributed by atoms with Crippen molar-refractivity contribution in [2.45, 2.75) is 19.8 Å². The number of nitrogens with zero attached hydrogens (tertiary/aromatic N) is 2. The molecule has 0 fully saturated rings. The van der Waals surface area contributed by atoms with Gasteiger partial charge in [-0.05, 0) is 25.5 Å². The number of rotatable bonds is 7. The Morgan fingerprint density at radius 3 is 2.52 bits per heavy atom. The largest absolute Gasteiger partial charge is 0.468 e. The average Bonchev–Trinajstić information content (AvgIpc) is 2.72. The molecule has 29 heavy (non-hydrogen) atoms. The molecule has 1 heterocycles. The average molecular weight is 436 g/mol. The minimum atomic E-state index is -1.25. The highest BCUT2D eigenvalue weighted by Gasteiger charge is 2.45. The van der Waals surface area contributed by atoms with E-state index in [0.29, 0.717) is 23.7 Å². The number of methoxy groups -OCH3 is 1. The lowest BCUT2D eigenvalue weighted by atomic mass is 9.78. The predicted molar refractivity (Wildman–Crippen MR) is 111 cm³/mol. The topological polar surface area (TPSA) is 99.5 Å². The summed E-state index contributed by atoms with van der Waals surface area (Å²) >= 11 is 7.38. The summed E-state index contributed by atoms with van der Waals surface area (Å²) in [6.07, 6.45) is 0. The number of carbonyl (C=O) groups excluding carboxylic acids is 3. The van der Waals surface area contributed by atoms with E-state index in [9.17, 15) is 19.6 Å². The Kier molecular flexibility index (Phi) is 8.11. The number of benzene rings is 1. The van der Waals surface area contributed by atoms with Crippen molar-refractivity contribution >= 4 is 41.1 Å². The maximum absolute atomic E-state index is 12.7. The molecule has 7 nitrogen and oxygen atoms in total. The number of halogens is 1. The fourth-order valence-corrected chi connectivity index (χ4v) is 4.39. The highest BCUT2D eigenvalue weighted by Crippen LogP contribution is 2.42. The number of hydrogen-bond acceptors (Lipinski definition) is 6. The summed E-state index contributed by atoms with van der Waals surface area (Å²) in [5.74, 6) is -3.57. The van der Waals surface area contributed by atoms with Crippen LogP contribution in [0, 0.1) is 17.2 Å². The Hall–Kier alpha value is -2.50. The molecule has 1 aromatic rings. The number of amides is 2. The monoisotopic (exact) mass is 435 g/mol. The highest BCUT2D eigenvalue weighted by atomic mass is 35.5. The van der Waals surface area contributed by atoms with Crippen LogP contribution in [0.3, 0.4) is 0 Å². The van der Waals surface area contributed by atoms with Crippen molar-refractivity contribution in [1.29, 1.82) is 5.26 Å². The molecule has 9 heteroatoms. The van der Waals surface area contributed by atoms with Crippen LogP contribution in [0.15, 0.2) is 34.9 Å². The molecule has 0 aliphatic carbocycles. The Labute approximate surface area is 179 Å². The summed E-state index contributed by atoms with van der Waals surface area (Å²) in [7, 11) is 1.18. The molecule has 1 aromatic carbocycles. The van der Waals surface area contributed by atoms with E-state index in [1.165, 1.54) is 7.11 Å². The highest BCUT2D eigenvalue weighted by molar-refractivity contribution is 8.03. The maximum Gasteiger partial charge on any atom is 0.319 e. The molecule has 0 unspecified atom stereocenters. The van der Waals surface area contributed by atoms with E-state index in [-0.39, 0.29) is 22.3 Å². The van der Waals surface area contributed by atoms with Crippen LogP contribution in [0.25, 0.3) is 0 Å². The van der Waals surface area contributed by atoms with Crippen LogP contribution in [0.5, 0.6) is 0 Å². The van der Waals surface area contributed by atoms with E-state index in [1.54, 1.807) is 29.2 Å². The van der Waals surface area contributed by atoms with Crippen LogP contribution >= 0.6 is 23.4 Å². The van der Waals surface area contributed by atoms with Crippen LogP contribution in [0.4, 0.5) is 0 Å². The maximum atomic E-state index is 12.7. The quantitative estimate of drug-likeness (QED) is 0.522. The van der Waals surface area contributed by atoms with Crippen molar-refractivity contribution in [1.82, 2.24) is 10.2 Å². The van der Waals surface area contributed by atoms with E-state index in [4.69, 9.17) is 16.3 Å². The molecule has 1 aliphatic heterocycles. The van der Waals surface area contributed by atoms with Crippen LogP contribution < -0.4 is 5.32 Å². The van der Waals surface area contributed by atoms with Gasteiger partial charge in [-0.3, -0.25) is 14.4 Å². The zero-order valence-corrected chi connectivity index (χ0v) is 18.0. The van der Waals surface area contributed by atoms with Gasteiger partial charge in [0.2, 0.25) is 11.8 Å². The van der Waals surface area contributed by atoms with Crippen molar-refractivity contribution in [2.24, 2.45) is 5.92 Å². The predicted octanol–water partition coefficient (Wildman–Crippen LogP) is 2.68. The Balaban J connectivity index is 2.49. The minimum absolute atomic E-state index is 0.0562. The Bertz CT molecular complexity index is 877. The van der Waals surface area contributed by atoms with Gasteiger partial charge in [-0.25, -0.2) is 0 Å². The first-order chi connectivity index (χ1) is 13.9. The van der Waals surface area contributed by atoms with Gasteiger partial charge in [0.1, 0.15) is 5.92 Å². The minimum Gasteiger partial charge on any atom is -0.468 e. The van der Waals surface area contributed by atoms with Crippen LogP contribution in [0.2, 0.25) is 5.02 Å². The molecule has 0 saturated carbocycles. The van der Waals surface area contributed by atoms with Gasteiger partial charge in [-0.2, -0.15) is 5.26 Å². The number of nitrogens with one attached hydrogen (secondary N) is 1. The number of hydrogen-bond donors (Lipinski definition) is 1. The van der Waals surface area contributed by atoms with Gasteiger partial charge in [0, 0.05) is 24.0 Å². The van der Waals surface area contributed by atoms with E-state index in [1.807, 2.05) is 13.8 Å². The zero-order chi connectivity index (χ0) is 21.6. The lowest BCUT2D eigenvalue weighted by Gasteiger charge is -2.31. The summed E-state index contributed by atoms with van der Waals surface area (Å²) in [4.78, 5) is 39.1. The van der Waals surface area contributed by atoms with Gasteiger partial charge in [0.05, 0.1) is 29.5 Å². The number of thioether (sulfide) groups is 1. The van der Waals surface area contributed by atoms with Crippen LogP contribution in [-0.4, -0.2) is 48.6 Å². The molecule has 0 saturated heterocycles. The first kappa shape index (κ1) is 22.8. The third-order valence-corrected chi connectivity index (χ3v) is 6.03. The summed E-state index contributed by atoms with van der Waals surface area (Å²) < 4.78 is 4.80. The normalized spacial score (nSPS) is 18.7. The Morgan fingerprint density at radius 1 is 1.31 bits per heavy atom. The summed E-state index contributed by atoms with van der Waals surface area (Å²) in [6.45, 7) is 4.89. The van der Waals surface area contributed by atoms with Crippen molar-refractivity contribution in [3.63, 3.8) is 0 Å². The molecular formula is C20H22ClN3O4S. The molecule has 2 rings (SSSR count). The Morgan fingerprint density at radius 2 is 1.97 bits per heavy atom. The van der Waals surface area contributed by atoms with Gasteiger partial charge >= 0.3 is 5.97 Å². The summed E-state index contributed by atoms with van der Waals surface area (Å²) in [6, 6.07) is 8.82. The third kappa shape index (κ3) is 4.92. The van der Waals surface area contributed by atoms with E-state index in [0.717, 1.165) is 11.8 Å². The lowest BCUT2D eigenvalue weighted by molar-refractivity contribution is -0.150. The second-order valence-electron chi connectivity index (χ2n) is 6.20. The summed E-state index contributed by atoms with van der Waals surface area (Å²) in [5, 5.41) is 13.0. The fourth-order valence-electron chi connectivity index (χ4n) is 3.18. The van der Waals surface area contributed by atoms with Crippen molar-refractivity contribution in [2.75, 3.05) is 26.0 Å². The number of ether oxygens (including phenoxy) is 1.